The number of amides is 1. The highest BCUT2D eigenvalue weighted by atomic mass is 16.8. The zero-order valence-corrected chi connectivity index (χ0v) is 65.5. The standard InChI is InChI=1S/C85H157NO18/c1-3-5-7-9-11-13-15-17-19-21-23-25-27-29-31-33-34-35-37-39-41-43-45-47-49-51-53-55-57-59-61-63-73(91)86-68(69(90)62-60-58-56-54-52-50-48-46-44-42-40-38-36-32-30-28-26-24-22-20-18-16-14-12-10-8-6-4-2)67-99-83-79(97)76(94)81(71(65-88)101-83)104-85-80(98)77(95)82(72(66-89)102-85)103-84-78(96)75(93)74(92)70(64-87)100-84/h5,7,11,13,17,19,23,25,68-72,74-85,87-90,92-98H,3-4,6,8-10,12,14-16,18,20-22,24,26-67H2,1-2H3,(H,86,91)/b7-5-,13-11-,19-17-,25-23-. The molecular formula is C85H157NO18. The van der Waals surface area contributed by atoms with E-state index in [1.165, 1.54) is 250 Å². The smallest absolute Gasteiger partial charge is 0.220 e. The summed E-state index contributed by atoms with van der Waals surface area (Å²) in [5.74, 6) is -0.237. The van der Waals surface area contributed by atoms with Gasteiger partial charge in [-0.05, 0) is 51.4 Å². The second kappa shape index (κ2) is 65.5. The van der Waals surface area contributed by atoms with E-state index >= 15 is 0 Å². The Bertz CT molecular complexity index is 2060. The third-order valence-corrected chi connectivity index (χ3v) is 21.4. The lowest BCUT2D eigenvalue weighted by Crippen LogP contribution is -2.66. The average Bonchev–Trinajstić information content (AvgIpc) is 0.783. The van der Waals surface area contributed by atoms with Gasteiger partial charge in [0.2, 0.25) is 5.91 Å². The lowest BCUT2D eigenvalue weighted by Gasteiger charge is -2.48. The molecule has 3 aliphatic rings. The molecule has 19 heteroatoms. The van der Waals surface area contributed by atoms with Gasteiger partial charge in [-0.3, -0.25) is 4.79 Å². The first-order chi connectivity index (χ1) is 50.8. The number of carbonyl (C=O) groups is 1. The van der Waals surface area contributed by atoms with Gasteiger partial charge in [0.05, 0.1) is 38.6 Å². The monoisotopic (exact) mass is 1480 g/mol. The molecule has 17 unspecified atom stereocenters. The van der Waals surface area contributed by atoms with Crippen LogP contribution in [0.15, 0.2) is 48.6 Å². The van der Waals surface area contributed by atoms with Crippen molar-refractivity contribution in [3.63, 3.8) is 0 Å². The highest BCUT2D eigenvalue weighted by Gasteiger charge is 2.54. The quantitative estimate of drug-likeness (QED) is 0.0199. The van der Waals surface area contributed by atoms with E-state index in [1.54, 1.807) is 0 Å². The van der Waals surface area contributed by atoms with Crippen LogP contribution in [0.5, 0.6) is 0 Å². The van der Waals surface area contributed by atoms with Crippen LogP contribution in [0.4, 0.5) is 0 Å². The molecule has 3 rings (SSSR count). The van der Waals surface area contributed by atoms with E-state index in [0.29, 0.717) is 12.8 Å². The van der Waals surface area contributed by atoms with Crippen molar-refractivity contribution in [3.05, 3.63) is 48.6 Å². The van der Waals surface area contributed by atoms with Crippen molar-refractivity contribution in [1.29, 1.82) is 0 Å². The van der Waals surface area contributed by atoms with E-state index in [9.17, 15) is 61.0 Å². The van der Waals surface area contributed by atoms with E-state index in [0.717, 1.165) is 70.6 Å². The van der Waals surface area contributed by atoms with Crippen molar-refractivity contribution in [1.82, 2.24) is 5.32 Å². The Labute approximate surface area is 631 Å². The molecule has 3 saturated heterocycles. The molecule has 1 amide bonds. The van der Waals surface area contributed by atoms with Gasteiger partial charge in [0.25, 0.3) is 0 Å². The Morgan fingerprint density at radius 2 is 0.663 bits per heavy atom. The molecule has 0 aromatic heterocycles. The second-order valence-corrected chi connectivity index (χ2v) is 30.6. The minimum atomic E-state index is -1.97. The topological polar surface area (TPSA) is 307 Å². The highest BCUT2D eigenvalue weighted by molar-refractivity contribution is 5.76. The molecule has 0 spiro atoms. The summed E-state index contributed by atoms with van der Waals surface area (Å²) in [5, 5.41) is 121. The largest absolute Gasteiger partial charge is 0.394 e. The van der Waals surface area contributed by atoms with Gasteiger partial charge in [0.1, 0.15) is 73.2 Å². The molecule has 0 radical (unpaired) electrons. The van der Waals surface area contributed by atoms with Crippen LogP contribution in [0.2, 0.25) is 0 Å². The summed E-state index contributed by atoms with van der Waals surface area (Å²) < 4.78 is 34.6. The van der Waals surface area contributed by atoms with E-state index < -0.39 is 124 Å². The normalized spacial score (nSPS) is 26.1. The summed E-state index contributed by atoms with van der Waals surface area (Å²) in [6.45, 7) is 1.75. The van der Waals surface area contributed by atoms with Crippen LogP contribution in [0.3, 0.4) is 0 Å². The maximum absolute atomic E-state index is 13.5. The van der Waals surface area contributed by atoms with Crippen LogP contribution in [0.1, 0.15) is 354 Å². The first-order valence-electron chi connectivity index (χ1n) is 42.9. The molecule has 12 N–H and O–H groups in total. The third-order valence-electron chi connectivity index (χ3n) is 21.4. The fourth-order valence-electron chi connectivity index (χ4n) is 14.6. The Morgan fingerprint density at radius 1 is 0.356 bits per heavy atom. The van der Waals surface area contributed by atoms with Gasteiger partial charge in [-0.1, -0.05) is 345 Å². The summed E-state index contributed by atoms with van der Waals surface area (Å²) in [6.07, 6.45) is 56.3. The average molecular weight is 1480 g/mol. The van der Waals surface area contributed by atoms with Crippen LogP contribution < -0.4 is 5.32 Å². The van der Waals surface area contributed by atoms with Crippen LogP contribution in [-0.4, -0.2) is 193 Å². The Morgan fingerprint density at radius 3 is 1.04 bits per heavy atom. The van der Waals surface area contributed by atoms with Gasteiger partial charge in [-0.15, -0.1) is 0 Å². The van der Waals surface area contributed by atoms with Crippen LogP contribution in [0.25, 0.3) is 0 Å². The van der Waals surface area contributed by atoms with Gasteiger partial charge in [0.15, 0.2) is 18.9 Å². The third kappa shape index (κ3) is 44.6. The molecule has 19 nitrogen and oxygen atoms in total. The zero-order valence-electron chi connectivity index (χ0n) is 65.5. The molecule has 0 bridgehead atoms. The minimum Gasteiger partial charge on any atom is -0.394 e. The molecule has 3 fully saturated rings. The number of allylic oxidation sites excluding steroid dienone is 8. The van der Waals surface area contributed by atoms with E-state index in [4.69, 9.17) is 28.4 Å². The Hall–Kier alpha value is -2.25. The van der Waals surface area contributed by atoms with Crippen molar-refractivity contribution in [2.24, 2.45) is 0 Å². The SMILES string of the molecule is CC/C=C\C/C=C\C/C=C\C/C=C\CCCCCCCCCCCCCCCCCCCCC(=O)NC(COC1OC(CO)C(OC2OC(CO)C(OC3OC(CO)C(O)C(O)C3O)C(O)C2O)C(O)C1O)C(O)CCCCCCCCCCCCCCCCCCCCCCCCCCCCCC. The van der Waals surface area contributed by atoms with Crippen molar-refractivity contribution < 1.29 is 89.4 Å². The number of nitrogens with one attached hydrogen (secondary N) is 1. The lowest BCUT2D eigenvalue weighted by molar-refractivity contribution is -0.379. The highest BCUT2D eigenvalue weighted by Crippen LogP contribution is 2.34. The maximum atomic E-state index is 13.5. The van der Waals surface area contributed by atoms with E-state index in [1.807, 2.05) is 0 Å². The first kappa shape index (κ1) is 96.0. The summed E-state index contributed by atoms with van der Waals surface area (Å²) in [5.41, 5.74) is 0. The molecule has 610 valence electrons. The van der Waals surface area contributed by atoms with Gasteiger partial charge in [-0.25, -0.2) is 0 Å². The first-order valence-corrected chi connectivity index (χ1v) is 42.9. The second-order valence-electron chi connectivity index (χ2n) is 30.6. The molecule has 0 aliphatic carbocycles. The van der Waals surface area contributed by atoms with Gasteiger partial charge in [0, 0.05) is 6.42 Å². The van der Waals surface area contributed by atoms with Crippen LogP contribution >= 0.6 is 0 Å². The number of carbonyl (C=O) groups excluding carboxylic acids is 1. The number of rotatable bonds is 69. The van der Waals surface area contributed by atoms with Gasteiger partial charge < -0.3 is 89.9 Å². The predicted octanol–water partition coefficient (Wildman–Crippen LogP) is 15.2. The van der Waals surface area contributed by atoms with Crippen molar-refractivity contribution in [2.75, 3.05) is 26.4 Å². The van der Waals surface area contributed by atoms with Crippen molar-refractivity contribution in [2.45, 2.75) is 458 Å². The summed E-state index contributed by atoms with van der Waals surface area (Å²) in [4.78, 5) is 13.5. The number of aliphatic hydroxyl groups is 11. The molecule has 17 atom stereocenters. The summed E-state index contributed by atoms with van der Waals surface area (Å²) in [6, 6.07) is -0.889. The Balaban J connectivity index is 1.34. The number of ether oxygens (including phenoxy) is 6. The summed E-state index contributed by atoms with van der Waals surface area (Å²) in [7, 11) is 0. The summed E-state index contributed by atoms with van der Waals surface area (Å²) >= 11 is 0. The number of hydrogen-bond donors (Lipinski definition) is 12. The molecular weight excluding hydrogens is 1320 g/mol. The van der Waals surface area contributed by atoms with E-state index in [-0.39, 0.29) is 18.9 Å². The minimum absolute atomic E-state index is 0.237. The maximum Gasteiger partial charge on any atom is 0.220 e. The van der Waals surface area contributed by atoms with E-state index in [2.05, 4.69) is 67.8 Å². The van der Waals surface area contributed by atoms with Gasteiger partial charge >= 0.3 is 0 Å². The Kier molecular flexibility index (Phi) is 60.4. The number of hydrogen-bond acceptors (Lipinski definition) is 18. The van der Waals surface area contributed by atoms with Gasteiger partial charge in [-0.2, -0.15) is 0 Å². The van der Waals surface area contributed by atoms with Crippen LogP contribution in [0, 0.1) is 0 Å². The number of unbranched alkanes of at least 4 members (excludes halogenated alkanes) is 45. The molecule has 3 heterocycles. The zero-order chi connectivity index (χ0) is 75.3. The van der Waals surface area contributed by atoms with Crippen LogP contribution in [-0.2, 0) is 33.2 Å². The molecule has 0 aromatic carbocycles. The fraction of sp³-hybridized carbons (Fsp3) is 0.894. The predicted molar refractivity (Wildman–Crippen MR) is 416 cm³/mol. The molecule has 104 heavy (non-hydrogen) atoms. The molecule has 0 aromatic rings. The molecule has 0 saturated carbocycles. The number of aliphatic hydroxyl groups excluding tert-OH is 11. The lowest BCUT2D eigenvalue weighted by atomic mass is 9.96. The fourth-order valence-corrected chi connectivity index (χ4v) is 14.6. The van der Waals surface area contributed by atoms with Crippen molar-refractivity contribution in [3.8, 4) is 0 Å². The molecule has 3 aliphatic heterocycles. The van der Waals surface area contributed by atoms with Crippen molar-refractivity contribution >= 4 is 5.91 Å².